The lowest BCUT2D eigenvalue weighted by atomic mass is 9.93. The van der Waals surface area contributed by atoms with Crippen molar-refractivity contribution in [3.05, 3.63) is 47.9 Å². The van der Waals surface area contributed by atoms with Gasteiger partial charge in [0.1, 0.15) is 6.54 Å². The molecule has 1 aromatic carbocycles. The molecule has 3 heterocycles. The van der Waals surface area contributed by atoms with E-state index in [1.54, 1.807) is 9.36 Å². The lowest BCUT2D eigenvalue weighted by Gasteiger charge is -2.19. The Bertz CT molecular complexity index is 1070. The Hall–Kier alpha value is -3.49. The summed E-state index contributed by atoms with van der Waals surface area (Å²) in [6.07, 6.45) is 2.51. The molecule has 1 unspecified atom stereocenters. The van der Waals surface area contributed by atoms with E-state index >= 15 is 0 Å². The van der Waals surface area contributed by atoms with Crippen molar-refractivity contribution in [1.29, 1.82) is 0 Å². The molecule has 28 heavy (non-hydrogen) atoms. The number of carbonyl (C=O) groups excluding carboxylic acids is 3. The quantitative estimate of drug-likeness (QED) is 0.630. The van der Waals surface area contributed by atoms with Gasteiger partial charge in [-0.3, -0.25) is 29.1 Å². The van der Waals surface area contributed by atoms with E-state index in [2.05, 4.69) is 20.8 Å². The Labute approximate surface area is 160 Å². The molecule has 4 rings (SSSR count). The number of fused-ring (bicyclic) bond motifs is 1. The van der Waals surface area contributed by atoms with Crippen LogP contribution in [-0.4, -0.2) is 37.3 Å². The second-order valence-electron chi connectivity index (χ2n) is 6.82. The Morgan fingerprint density at radius 2 is 2.07 bits per heavy atom. The third-order valence-electron chi connectivity index (χ3n) is 4.78. The van der Waals surface area contributed by atoms with Gasteiger partial charge in [-0.1, -0.05) is 18.2 Å². The largest absolute Gasteiger partial charge is 0.349 e. The second-order valence-corrected chi connectivity index (χ2v) is 6.82. The molecule has 1 aliphatic rings. The number of benzene rings is 1. The van der Waals surface area contributed by atoms with Crippen molar-refractivity contribution in [2.24, 2.45) is 7.05 Å². The number of imide groups is 1. The summed E-state index contributed by atoms with van der Waals surface area (Å²) in [7, 11) is 1.82. The lowest BCUT2D eigenvalue weighted by Crippen LogP contribution is -2.39. The second kappa shape index (κ2) is 7.26. The van der Waals surface area contributed by atoms with Gasteiger partial charge in [0.25, 0.3) is 0 Å². The number of aryl methyl sites for hydroxylation is 1. The maximum Gasteiger partial charge on any atom is 0.242 e. The van der Waals surface area contributed by atoms with Crippen molar-refractivity contribution in [2.75, 3.05) is 0 Å². The zero-order valence-corrected chi connectivity index (χ0v) is 15.4. The van der Waals surface area contributed by atoms with Crippen LogP contribution in [-0.2, 0) is 34.5 Å². The van der Waals surface area contributed by atoms with Gasteiger partial charge in [0.2, 0.25) is 17.7 Å². The highest BCUT2D eigenvalue weighted by molar-refractivity contribution is 6.02. The number of hydrogen-bond acceptors (Lipinski definition) is 5. The van der Waals surface area contributed by atoms with Gasteiger partial charge in [-0.15, -0.1) is 0 Å². The van der Waals surface area contributed by atoms with Crippen molar-refractivity contribution in [1.82, 2.24) is 30.2 Å². The van der Waals surface area contributed by atoms with Crippen LogP contribution in [0.1, 0.15) is 30.1 Å². The molecule has 1 aliphatic heterocycles. The topological polar surface area (TPSA) is 111 Å². The van der Waals surface area contributed by atoms with Crippen LogP contribution in [0.2, 0.25) is 0 Å². The molecule has 0 bridgehead atoms. The zero-order chi connectivity index (χ0) is 19.7. The molecule has 0 saturated carbocycles. The minimum absolute atomic E-state index is 0.0284. The number of carbonyl (C=O) groups is 3. The standard InChI is InChI=1S/C19H20N6O3/c1-24-9-8-12(22-24)10-20-17(27)11-25-15-5-3-2-4-13(15)18(23-25)14-6-7-16(26)21-19(14)28/h2-5,8-9,14H,6-7,10-11H2,1H3,(H,20,27)(H,21,26,28). The predicted octanol–water partition coefficient (Wildman–Crippen LogP) is 0.606. The molecule has 1 fully saturated rings. The van der Waals surface area contributed by atoms with Crippen molar-refractivity contribution < 1.29 is 14.4 Å². The fraction of sp³-hybridized carbons (Fsp3) is 0.316. The van der Waals surface area contributed by atoms with Gasteiger partial charge in [-0.2, -0.15) is 10.2 Å². The van der Waals surface area contributed by atoms with Gasteiger partial charge < -0.3 is 5.32 Å². The van der Waals surface area contributed by atoms with Gasteiger partial charge >= 0.3 is 0 Å². The minimum Gasteiger partial charge on any atom is -0.349 e. The van der Waals surface area contributed by atoms with Crippen LogP contribution in [0.25, 0.3) is 10.9 Å². The molecule has 0 radical (unpaired) electrons. The molecular formula is C19H20N6O3. The highest BCUT2D eigenvalue weighted by atomic mass is 16.2. The maximum atomic E-state index is 12.4. The van der Waals surface area contributed by atoms with Crippen LogP contribution >= 0.6 is 0 Å². The van der Waals surface area contributed by atoms with E-state index in [4.69, 9.17) is 0 Å². The molecule has 3 aromatic rings. The molecule has 0 spiro atoms. The molecule has 1 atom stereocenters. The van der Waals surface area contributed by atoms with Crippen LogP contribution in [0.5, 0.6) is 0 Å². The first-order valence-corrected chi connectivity index (χ1v) is 9.05. The van der Waals surface area contributed by atoms with E-state index in [0.29, 0.717) is 18.7 Å². The number of para-hydroxylation sites is 1. The first-order chi connectivity index (χ1) is 13.5. The average molecular weight is 380 g/mol. The summed E-state index contributed by atoms with van der Waals surface area (Å²) >= 11 is 0. The van der Waals surface area contributed by atoms with Gasteiger partial charge in [0.05, 0.1) is 29.4 Å². The molecule has 9 heteroatoms. The number of hydrogen-bond donors (Lipinski definition) is 2. The molecule has 3 amide bonds. The van der Waals surface area contributed by atoms with Crippen molar-refractivity contribution in [2.45, 2.75) is 31.8 Å². The van der Waals surface area contributed by atoms with E-state index in [9.17, 15) is 14.4 Å². The molecule has 0 aliphatic carbocycles. The number of rotatable bonds is 5. The monoisotopic (exact) mass is 380 g/mol. The molecule has 2 N–H and O–H groups in total. The van der Waals surface area contributed by atoms with Crippen LogP contribution in [0.15, 0.2) is 36.5 Å². The lowest BCUT2D eigenvalue weighted by molar-refractivity contribution is -0.134. The summed E-state index contributed by atoms with van der Waals surface area (Å²) in [5, 5.41) is 14.8. The summed E-state index contributed by atoms with van der Waals surface area (Å²) in [4.78, 5) is 36.1. The number of nitrogens with zero attached hydrogens (tertiary/aromatic N) is 4. The first-order valence-electron chi connectivity index (χ1n) is 9.05. The molecular weight excluding hydrogens is 360 g/mol. The maximum absolute atomic E-state index is 12.4. The Balaban J connectivity index is 1.55. The van der Waals surface area contributed by atoms with E-state index in [1.165, 1.54) is 0 Å². The van der Waals surface area contributed by atoms with E-state index in [1.807, 2.05) is 43.6 Å². The third-order valence-corrected chi connectivity index (χ3v) is 4.78. The number of nitrogens with one attached hydrogen (secondary N) is 2. The van der Waals surface area contributed by atoms with Gasteiger partial charge in [0, 0.05) is 25.1 Å². The highest BCUT2D eigenvalue weighted by Crippen LogP contribution is 2.30. The Morgan fingerprint density at radius 3 is 2.82 bits per heavy atom. The Morgan fingerprint density at radius 1 is 1.25 bits per heavy atom. The molecule has 144 valence electrons. The summed E-state index contributed by atoms with van der Waals surface area (Å²) in [5.74, 6) is -1.31. The number of aromatic nitrogens is 4. The highest BCUT2D eigenvalue weighted by Gasteiger charge is 2.31. The van der Waals surface area contributed by atoms with Crippen LogP contribution in [0.4, 0.5) is 0 Å². The van der Waals surface area contributed by atoms with Gasteiger partial charge in [-0.25, -0.2) is 0 Å². The molecule has 9 nitrogen and oxygen atoms in total. The minimum atomic E-state index is -0.500. The van der Waals surface area contributed by atoms with Gasteiger partial charge in [-0.05, 0) is 18.6 Å². The van der Waals surface area contributed by atoms with Crippen molar-refractivity contribution in [3.63, 3.8) is 0 Å². The first kappa shape index (κ1) is 17.9. The van der Waals surface area contributed by atoms with E-state index in [-0.39, 0.29) is 30.7 Å². The van der Waals surface area contributed by atoms with Crippen molar-refractivity contribution >= 4 is 28.6 Å². The third kappa shape index (κ3) is 3.51. The van der Waals surface area contributed by atoms with Crippen LogP contribution in [0.3, 0.4) is 0 Å². The number of amides is 3. The van der Waals surface area contributed by atoms with Crippen LogP contribution in [0, 0.1) is 0 Å². The summed E-state index contributed by atoms with van der Waals surface area (Å²) in [5.41, 5.74) is 2.14. The Kier molecular flexibility index (Phi) is 4.64. The zero-order valence-electron chi connectivity index (χ0n) is 15.4. The molecule has 1 saturated heterocycles. The summed E-state index contributed by atoms with van der Waals surface area (Å²) < 4.78 is 3.27. The smallest absolute Gasteiger partial charge is 0.242 e. The number of piperidine rings is 1. The van der Waals surface area contributed by atoms with Gasteiger partial charge in [0.15, 0.2) is 0 Å². The predicted molar refractivity (Wildman–Crippen MR) is 99.9 cm³/mol. The average Bonchev–Trinajstić information content (AvgIpc) is 3.24. The van der Waals surface area contributed by atoms with Crippen LogP contribution < -0.4 is 10.6 Å². The van der Waals surface area contributed by atoms with E-state index < -0.39 is 5.92 Å². The summed E-state index contributed by atoms with van der Waals surface area (Å²) in [6.45, 7) is 0.361. The summed E-state index contributed by atoms with van der Waals surface area (Å²) in [6, 6.07) is 9.31. The van der Waals surface area contributed by atoms with Crippen molar-refractivity contribution in [3.8, 4) is 0 Å². The molecule has 2 aromatic heterocycles. The van der Waals surface area contributed by atoms with E-state index in [0.717, 1.165) is 16.6 Å². The SMILES string of the molecule is Cn1ccc(CNC(=O)Cn2nc(C3CCC(=O)NC3=O)c3ccccc32)n1. The fourth-order valence-corrected chi connectivity index (χ4v) is 3.42. The fourth-order valence-electron chi connectivity index (χ4n) is 3.42. The normalized spacial score (nSPS) is 17.0.